The highest BCUT2D eigenvalue weighted by Crippen LogP contribution is 2.32. The van der Waals surface area contributed by atoms with Crippen LogP contribution in [0.1, 0.15) is 28.8 Å². The van der Waals surface area contributed by atoms with Crippen molar-refractivity contribution < 1.29 is 23.8 Å². The fourth-order valence-electron chi connectivity index (χ4n) is 5.09. The number of hydrogen-bond donors (Lipinski definition) is 1. The van der Waals surface area contributed by atoms with Crippen LogP contribution in [-0.2, 0) is 0 Å². The zero-order valence-electron chi connectivity index (χ0n) is 23.3. The lowest BCUT2D eigenvalue weighted by molar-refractivity contribution is 0.0695. The second-order valence-corrected chi connectivity index (χ2v) is 10.4. The summed E-state index contributed by atoms with van der Waals surface area (Å²) in [5, 5.41) is 9.72. The topological polar surface area (TPSA) is 97.1 Å². The Hall–Kier alpha value is -4.44. The van der Waals surface area contributed by atoms with Gasteiger partial charge >= 0.3 is 5.97 Å². The number of rotatable bonds is 10. The van der Waals surface area contributed by atoms with Crippen molar-refractivity contribution in [3.05, 3.63) is 88.1 Å². The molecule has 0 saturated carbocycles. The number of aryl methyl sites for hydroxylation is 1. The Morgan fingerprint density at radius 3 is 2.66 bits per heavy atom. The third-order valence-corrected chi connectivity index (χ3v) is 7.29. The van der Waals surface area contributed by atoms with Crippen LogP contribution in [0.15, 0.2) is 65.7 Å². The quantitative estimate of drug-likeness (QED) is 0.303. The second-order valence-electron chi connectivity index (χ2n) is 10.4. The average molecular weight is 561 g/mol. The number of carbonyl (C=O) groups is 1. The van der Waals surface area contributed by atoms with Crippen LogP contribution in [0.2, 0.25) is 0 Å². The van der Waals surface area contributed by atoms with E-state index in [1.54, 1.807) is 41.1 Å². The van der Waals surface area contributed by atoms with Crippen molar-refractivity contribution in [1.82, 2.24) is 14.5 Å². The Morgan fingerprint density at radius 1 is 1.17 bits per heavy atom. The van der Waals surface area contributed by atoms with Gasteiger partial charge in [-0.1, -0.05) is 6.07 Å². The number of carboxylic acids is 1. The van der Waals surface area contributed by atoms with E-state index in [1.807, 2.05) is 43.0 Å². The number of benzene rings is 2. The van der Waals surface area contributed by atoms with Crippen LogP contribution in [0.4, 0.5) is 10.1 Å². The van der Waals surface area contributed by atoms with Gasteiger partial charge in [0.15, 0.2) is 0 Å². The number of halogens is 1. The molecule has 5 rings (SSSR count). The maximum atomic E-state index is 15.6. The molecule has 41 heavy (non-hydrogen) atoms. The Bertz CT molecular complexity index is 1620. The van der Waals surface area contributed by atoms with E-state index in [4.69, 9.17) is 9.47 Å². The summed E-state index contributed by atoms with van der Waals surface area (Å²) in [6, 6.07) is 13.6. The van der Waals surface area contributed by atoms with Crippen LogP contribution in [0.5, 0.6) is 11.6 Å². The summed E-state index contributed by atoms with van der Waals surface area (Å²) in [4.78, 5) is 33.3. The van der Waals surface area contributed by atoms with Gasteiger partial charge in [0, 0.05) is 42.1 Å². The van der Waals surface area contributed by atoms with Gasteiger partial charge < -0.3 is 28.9 Å². The molecule has 4 aromatic rings. The van der Waals surface area contributed by atoms with Gasteiger partial charge in [0.25, 0.3) is 0 Å². The molecule has 9 nitrogen and oxygen atoms in total. The first-order valence-corrected chi connectivity index (χ1v) is 13.5. The molecule has 1 fully saturated rings. The lowest BCUT2D eigenvalue weighted by Gasteiger charge is -2.28. The van der Waals surface area contributed by atoms with Crippen LogP contribution in [0.3, 0.4) is 0 Å². The van der Waals surface area contributed by atoms with E-state index in [0.29, 0.717) is 48.3 Å². The molecule has 1 saturated heterocycles. The van der Waals surface area contributed by atoms with Crippen molar-refractivity contribution in [2.24, 2.45) is 0 Å². The van der Waals surface area contributed by atoms with Crippen molar-refractivity contribution in [3.8, 4) is 17.3 Å². The SMILES string of the molecule is Cc1cccnc1OC[C@H]1CCCN1c1cc2c(cc1F)c(=O)c(C(=O)O)cn2-c1ccc(OCCN(C)C)cc1. The Labute approximate surface area is 237 Å². The van der Waals surface area contributed by atoms with E-state index in [1.165, 1.54) is 6.20 Å². The van der Waals surface area contributed by atoms with Gasteiger partial charge in [0.05, 0.1) is 17.2 Å². The molecule has 0 aliphatic carbocycles. The molecule has 1 aliphatic heterocycles. The highest BCUT2D eigenvalue weighted by atomic mass is 19.1. The van der Waals surface area contributed by atoms with E-state index in [9.17, 15) is 14.7 Å². The third-order valence-electron chi connectivity index (χ3n) is 7.29. The number of pyridine rings is 2. The zero-order valence-corrected chi connectivity index (χ0v) is 23.3. The molecule has 0 unspecified atom stereocenters. The molecule has 3 heterocycles. The Kier molecular flexibility index (Phi) is 8.21. The normalized spacial score (nSPS) is 15.0. The molecule has 1 atom stereocenters. The number of carboxylic acid groups (broad SMARTS) is 1. The number of hydrogen-bond acceptors (Lipinski definition) is 7. The molecule has 2 aromatic heterocycles. The predicted molar refractivity (Wildman–Crippen MR) is 155 cm³/mol. The standard InChI is InChI=1S/C31H33FN4O5/c1-20-6-4-12-33-30(20)41-19-22-7-5-13-35(22)28-17-27-24(16-26(28)32)29(37)25(31(38)39)18-36(27)21-8-10-23(11-9-21)40-15-14-34(2)3/h4,6,8-12,16-18,22H,5,7,13-15,19H2,1-3H3,(H,38,39)/t22-/m1/s1. The average Bonchev–Trinajstić information content (AvgIpc) is 3.41. The molecular weight excluding hydrogens is 527 g/mol. The minimum atomic E-state index is -1.37. The molecule has 0 radical (unpaired) electrons. The highest BCUT2D eigenvalue weighted by Gasteiger charge is 2.29. The fraction of sp³-hybridized carbons (Fsp3) is 0.323. The summed E-state index contributed by atoms with van der Waals surface area (Å²) in [6.07, 6.45) is 4.63. The maximum absolute atomic E-state index is 15.6. The van der Waals surface area contributed by atoms with Crippen molar-refractivity contribution in [2.45, 2.75) is 25.8 Å². The molecule has 0 bridgehead atoms. The third kappa shape index (κ3) is 6.02. The van der Waals surface area contributed by atoms with Crippen molar-refractivity contribution in [2.75, 3.05) is 45.3 Å². The largest absolute Gasteiger partial charge is 0.492 e. The lowest BCUT2D eigenvalue weighted by Crippen LogP contribution is -2.35. The number of aromatic nitrogens is 2. The van der Waals surface area contributed by atoms with Crippen molar-refractivity contribution in [1.29, 1.82) is 0 Å². The molecule has 0 spiro atoms. The first kappa shape index (κ1) is 28.1. The van der Waals surface area contributed by atoms with Gasteiger partial charge in [-0.2, -0.15) is 0 Å². The first-order chi connectivity index (χ1) is 19.7. The van der Waals surface area contributed by atoms with E-state index in [0.717, 1.165) is 31.0 Å². The smallest absolute Gasteiger partial charge is 0.341 e. The second kappa shape index (κ2) is 12.0. The van der Waals surface area contributed by atoms with Gasteiger partial charge in [0.2, 0.25) is 11.3 Å². The first-order valence-electron chi connectivity index (χ1n) is 13.5. The summed E-state index contributed by atoms with van der Waals surface area (Å²) in [7, 11) is 3.92. The number of fused-ring (bicyclic) bond motifs is 1. The summed E-state index contributed by atoms with van der Waals surface area (Å²) in [6.45, 7) is 4.14. The summed E-state index contributed by atoms with van der Waals surface area (Å²) >= 11 is 0. The molecule has 1 aliphatic rings. The molecule has 10 heteroatoms. The summed E-state index contributed by atoms with van der Waals surface area (Å²) in [5.74, 6) is -0.758. The van der Waals surface area contributed by atoms with Gasteiger partial charge in [-0.25, -0.2) is 14.2 Å². The minimum Gasteiger partial charge on any atom is -0.492 e. The van der Waals surface area contributed by atoms with Crippen LogP contribution >= 0.6 is 0 Å². The zero-order chi connectivity index (χ0) is 29.1. The van der Waals surface area contributed by atoms with E-state index in [2.05, 4.69) is 4.98 Å². The number of ether oxygens (including phenoxy) is 2. The van der Waals surface area contributed by atoms with Crippen LogP contribution in [0, 0.1) is 12.7 Å². The molecule has 0 amide bonds. The Balaban J connectivity index is 1.52. The van der Waals surface area contributed by atoms with Crippen LogP contribution in [-0.4, -0.2) is 72.0 Å². The monoisotopic (exact) mass is 560 g/mol. The van der Waals surface area contributed by atoms with E-state index in [-0.39, 0.29) is 11.4 Å². The minimum absolute atomic E-state index is 0.00596. The predicted octanol–water partition coefficient (Wildman–Crippen LogP) is 4.52. The van der Waals surface area contributed by atoms with Crippen LogP contribution in [0.25, 0.3) is 16.6 Å². The number of aromatic carboxylic acids is 1. The molecular formula is C31H33FN4O5. The molecule has 1 N–H and O–H groups in total. The van der Waals surface area contributed by atoms with Crippen LogP contribution < -0.4 is 19.8 Å². The van der Waals surface area contributed by atoms with Gasteiger partial charge in [0.1, 0.15) is 30.3 Å². The Morgan fingerprint density at radius 2 is 1.95 bits per heavy atom. The molecule has 2 aromatic carbocycles. The van der Waals surface area contributed by atoms with E-state index < -0.39 is 22.8 Å². The van der Waals surface area contributed by atoms with Gasteiger partial charge in [-0.05, 0) is 76.3 Å². The molecule has 214 valence electrons. The van der Waals surface area contributed by atoms with Gasteiger partial charge in [-0.15, -0.1) is 0 Å². The van der Waals surface area contributed by atoms with Gasteiger partial charge in [-0.3, -0.25) is 4.79 Å². The maximum Gasteiger partial charge on any atom is 0.341 e. The van der Waals surface area contributed by atoms with Crippen molar-refractivity contribution >= 4 is 22.6 Å². The number of anilines is 1. The fourth-order valence-corrected chi connectivity index (χ4v) is 5.09. The summed E-state index contributed by atoms with van der Waals surface area (Å²) in [5.41, 5.74) is 1.10. The number of likely N-dealkylation sites (N-methyl/N-ethyl adjacent to an activating group) is 1. The van der Waals surface area contributed by atoms with Crippen molar-refractivity contribution in [3.63, 3.8) is 0 Å². The van der Waals surface area contributed by atoms with E-state index >= 15 is 4.39 Å². The number of nitrogens with zero attached hydrogens (tertiary/aromatic N) is 4. The summed E-state index contributed by atoms with van der Waals surface area (Å²) < 4.78 is 29.0. The lowest BCUT2D eigenvalue weighted by atomic mass is 10.1. The highest BCUT2D eigenvalue weighted by molar-refractivity contribution is 5.94.